The molecule has 0 aliphatic heterocycles. The number of hydrogen-bond donors (Lipinski definition) is 2. The number of nitrogens with zero attached hydrogens (tertiary/aromatic N) is 1. The van der Waals surface area contributed by atoms with E-state index < -0.39 is 0 Å². The van der Waals surface area contributed by atoms with Crippen LogP contribution in [-0.2, 0) is 0 Å². The zero-order valence-corrected chi connectivity index (χ0v) is 10.1. The number of carbonyl (C=O) groups excluding carboxylic acids is 1. The van der Waals surface area contributed by atoms with Crippen molar-refractivity contribution >= 4 is 11.7 Å². The summed E-state index contributed by atoms with van der Waals surface area (Å²) in [7, 11) is 0. The Labute approximate surface area is 101 Å². The van der Waals surface area contributed by atoms with E-state index in [9.17, 15) is 9.18 Å². The topological polar surface area (TPSA) is 58.4 Å². The zero-order valence-electron chi connectivity index (χ0n) is 10.1. The number of amides is 2. The van der Waals surface area contributed by atoms with E-state index in [1.807, 2.05) is 13.8 Å². The van der Waals surface area contributed by atoms with Gasteiger partial charge in [0.15, 0.2) is 0 Å². The minimum Gasteiger partial charge on any atom is -0.329 e. The monoisotopic (exact) mass is 239 g/mol. The quantitative estimate of drug-likeness (QED) is 0.844. The summed E-state index contributed by atoms with van der Waals surface area (Å²) in [6.45, 7) is 4.74. The van der Waals surface area contributed by atoms with Crippen LogP contribution in [0.5, 0.6) is 0 Å². The first-order chi connectivity index (χ1) is 8.04. The lowest BCUT2D eigenvalue weighted by Gasteiger charge is -2.26. The van der Waals surface area contributed by atoms with E-state index in [1.165, 1.54) is 24.3 Å². The van der Waals surface area contributed by atoms with Crippen molar-refractivity contribution < 1.29 is 9.18 Å². The summed E-state index contributed by atoms with van der Waals surface area (Å²) in [6, 6.07) is 5.50. The molecule has 1 aromatic carbocycles. The van der Waals surface area contributed by atoms with Gasteiger partial charge >= 0.3 is 6.03 Å². The molecule has 0 aromatic heterocycles. The Hall–Kier alpha value is -1.62. The maximum Gasteiger partial charge on any atom is 0.322 e. The first-order valence-corrected chi connectivity index (χ1v) is 5.58. The third-order valence-electron chi connectivity index (χ3n) is 2.35. The average molecular weight is 239 g/mol. The van der Waals surface area contributed by atoms with Gasteiger partial charge in [0, 0.05) is 24.8 Å². The van der Waals surface area contributed by atoms with Crippen molar-refractivity contribution in [3.05, 3.63) is 30.1 Å². The Morgan fingerprint density at radius 2 is 2.00 bits per heavy atom. The number of anilines is 1. The normalized spacial score (nSPS) is 10.4. The van der Waals surface area contributed by atoms with Crippen LogP contribution >= 0.6 is 0 Å². The third kappa shape index (κ3) is 4.03. The Balaban J connectivity index is 2.66. The fourth-order valence-corrected chi connectivity index (χ4v) is 1.46. The largest absolute Gasteiger partial charge is 0.329 e. The average Bonchev–Trinajstić information content (AvgIpc) is 2.28. The van der Waals surface area contributed by atoms with Gasteiger partial charge < -0.3 is 16.0 Å². The van der Waals surface area contributed by atoms with Crippen LogP contribution in [0.25, 0.3) is 0 Å². The second-order valence-electron chi connectivity index (χ2n) is 4.01. The molecule has 94 valence electrons. The van der Waals surface area contributed by atoms with Crippen LogP contribution in [-0.4, -0.2) is 30.1 Å². The fourth-order valence-electron chi connectivity index (χ4n) is 1.46. The minimum atomic E-state index is -0.328. The van der Waals surface area contributed by atoms with Crippen LogP contribution in [0.3, 0.4) is 0 Å². The molecule has 0 saturated heterocycles. The first kappa shape index (κ1) is 13.4. The van der Waals surface area contributed by atoms with Gasteiger partial charge in [0.25, 0.3) is 0 Å². The molecule has 0 aliphatic rings. The van der Waals surface area contributed by atoms with Gasteiger partial charge in [-0.15, -0.1) is 0 Å². The van der Waals surface area contributed by atoms with E-state index in [4.69, 9.17) is 5.73 Å². The molecule has 0 fully saturated rings. The molecule has 0 bridgehead atoms. The summed E-state index contributed by atoms with van der Waals surface area (Å²) in [5.74, 6) is -0.328. The Morgan fingerprint density at radius 3 is 2.47 bits per heavy atom. The molecule has 4 nitrogen and oxygen atoms in total. The molecule has 0 saturated carbocycles. The lowest BCUT2D eigenvalue weighted by Crippen LogP contribution is -2.42. The van der Waals surface area contributed by atoms with E-state index in [0.29, 0.717) is 18.8 Å². The van der Waals surface area contributed by atoms with Gasteiger partial charge in [-0.2, -0.15) is 0 Å². The molecule has 0 radical (unpaired) electrons. The molecule has 0 unspecified atom stereocenters. The molecule has 5 heteroatoms. The predicted octanol–water partition coefficient (Wildman–Crippen LogP) is 2.03. The summed E-state index contributed by atoms with van der Waals surface area (Å²) in [4.78, 5) is 13.5. The second kappa shape index (κ2) is 6.20. The molecular formula is C12H18FN3O. The van der Waals surface area contributed by atoms with Crippen LogP contribution in [0, 0.1) is 5.82 Å². The maximum absolute atomic E-state index is 12.7. The number of nitrogens with one attached hydrogen (secondary N) is 1. The molecular weight excluding hydrogens is 221 g/mol. The summed E-state index contributed by atoms with van der Waals surface area (Å²) < 4.78 is 12.7. The first-order valence-electron chi connectivity index (χ1n) is 5.58. The standard InChI is InChI=1S/C12H18FN3O/c1-9(2)16(8-7-14)12(17)15-11-5-3-10(13)4-6-11/h3-6,9H,7-8,14H2,1-2H3,(H,15,17). The zero-order chi connectivity index (χ0) is 12.8. The minimum absolute atomic E-state index is 0.0685. The van der Waals surface area contributed by atoms with Crippen molar-refractivity contribution in [1.29, 1.82) is 0 Å². The van der Waals surface area contributed by atoms with Gasteiger partial charge in [-0.3, -0.25) is 0 Å². The van der Waals surface area contributed by atoms with Crippen molar-refractivity contribution in [2.45, 2.75) is 19.9 Å². The highest BCUT2D eigenvalue weighted by atomic mass is 19.1. The molecule has 2 amide bonds. The van der Waals surface area contributed by atoms with Gasteiger partial charge in [-0.25, -0.2) is 9.18 Å². The number of halogens is 1. The second-order valence-corrected chi connectivity index (χ2v) is 4.01. The van der Waals surface area contributed by atoms with Crippen LogP contribution in [0.15, 0.2) is 24.3 Å². The summed E-state index contributed by atoms with van der Waals surface area (Å²) >= 11 is 0. The van der Waals surface area contributed by atoms with Crippen molar-refractivity contribution in [3.63, 3.8) is 0 Å². The highest BCUT2D eigenvalue weighted by Crippen LogP contribution is 2.10. The highest BCUT2D eigenvalue weighted by Gasteiger charge is 2.15. The summed E-state index contributed by atoms with van der Waals surface area (Å²) in [5.41, 5.74) is 6.02. The van der Waals surface area contributed by atoms with Crippen LogP contribution in [0.2, 0.25) is 0 Å². The smallest absolute Gasteiger partial charge is 0.322 e. The number of hydrogen-bond acceptors (Lipinski definition) is 2. The van der Waals surface area contributed by atoms with Crippen molar-refractivity contribution in [2.24, 2.45) is 5.73 Å². The van der Waals surface area contributed by atoms with Crippen LogP contribution < -0.4 is 11.1 Å². The molecule has 17 heavy (non-hydrogen) atoms. The van der Waals surface area contributed by atoms with Crippen molar-refractivity contribution in [3.8, 4) is 0 Å². The Bertz CT molecular complexity index is 365. The van der Waals surface area contributed by atoms with Gasteiger partial charge in [0.2, 0.25) is 0 Å². The van der Waals surface area contributed by atoms with Crippen LogP contribution in [0.1, 0.15) is 13.8 Å². The Kier molecular flexibility index (Phi) is 4.90. The number of benzene rings is 1. The van der Waals surface area contributed by atoms with Crippen molar-refractivity contribution in [2.75, 3.05) is 18.4 Å². The number of rotatable bonds is 4. The number of urea groups is 1. The maximum atomic E-state index is 12.7. The van der Waals surface area contributed by atoms with E-state index in [-0.39, 0.29) is 17.9 Å². The molecule has 0 heterocycles. The van der Waals surface area contributed by atoms with Gasteiger partial charge in [0.05, 0.1) is 0 Å². The van der Waals surface area contributed by atoms with Gasteiger partial charge in [-0.05, 0) is 38.1 Å². The molecule has 1 aromatic rings. The SMILES string of the molecule is CC(C)N(CCN)C(=O)Nc1ccc(F)cc1. The fraction of sp³-hybridized carbons (Fsp3) is 0.417. The molecule has 0 aliphatic carbocycles. The molecule has 0 spiro atoms. The van der Waals surface area contributed by atoms with Gasteiger partial charge in [0.1, 0.15) is 5.82 Å². The third-order valence-corrected chi connectivity index (χ3v) is 2.35. The van der Waals surface area contributed by atoms with E-state index in [0.717, 1.165) is 0 Å². The summed E-state index contributed by atoms with van der Waals surface area (Å²) in [6.07, 6.45) is 0. The molecule has 0 atom stereocenters. The van der Waals surface area contributed by atoms with E-state index in [2.05, 4.69) is 5.32 Å². The van der Waals surface area contributed by atoms with E-state index in [1.54, 1.807) is 4.90 Å². The van der Waals surface area contributed by atoms with Crippen LogP contribution in [0.4, 0.5) is 14.9 Å². The lowest BCUT2D eigenvalue weighted by molar-refractivity contribution is 0.199. The molecule has 3 N–H and O–H groups in total. The van der Waals surface area contributed by atoms with Gasteiger partial charge in [-0.1, -0.05) is 0 Å². The predicted molar refractivity (Wildman–Crippen MR) is 66.3 cm³/mol. The van der Waals surface area contributed by atoms with Crippen molar-refractivity contribution in [1.82, 2.24) is 4.90 Å². The lowest BCUT2D eigenvalue weighted by atomic mass is 10.3. The molecule has 1 rings (SSSR count). The number of carbonyl (C=O) groups is 1. The van der Waals surface area contributed by atoms with E-state index >= 15 is 0 Å². The highest BCUT2D eigenvalue weighted by molar-refractivity contribution is 5.89. The summed E-state index contributed by atoms with van der Waals surface area (Å²) in [5, 5.41) is 2.70. The Morgan fingerprint density at radius 1 is 1.41 bits per heavy atom. The number of nitrogens with two attached hydrogens (primary N) is 1.